The number of nitrogens with two attached hydrogens (primary N) is 1. The number of nitrogens with zero attached hydrogens (tertiary/aromatic N) is 1. The van der Waals surface area contributed by atoms with Crippen molar-refractivity contribution in [3.63, 3.8) is 0 Å². The molecule has 1 atom stereocenters. The highest BCUT2D eigenvalue weighted by Crippen LogP contribution is 2.23. The first-order valence-electron chi connectivity index (χ1n) is 4.71. The zero-order valence-electron chi connectivity index (χ0n) is 9.25. The van der Waals surface area contributed by atoms with E-state index in [9.17, 15) is 18.5 Å². The fourth-order valence-corrected chi connectivity index (χ4v) is 1.90. The number of nitro groups is 1. The van der Waals surface area contributed by atoms with E-state index in [-0.39, 0.29) is 10.5 Å². The minimum absolute atomic E-state index is 0.167. The van der Waals surface area contributed by atoms with E-state index in [0.29, 0.717) is 0 Å². The van der Waals surface area contributed by atoms with Crippen LogP contribution in [0.25, 0.3) is 0 Å². The van der Waals surface area contributed by atoms with Crippen molar-refractivity contribution in [1.29, 1.82) is 0 Å². The quantitative estimate of drug-likeness (QED) is 0.381. The molecule has 1 unspecified atom stereocenters. The lowest BCUT2D eigenvalue weighted by atomic mass is 10.2. The van der Waals surface area contributed by atoms with Gasteiger partial charge in [0.1, 0.15) is 0 Å². The Balaban J connectivity index is 3.42. The van der Waals surface area contributed by atoms with Crippen LogP contribution >= 0.6 is 10.7 Å². The third kappa shape index (κ3) is 4.00. The lowest BCUT2D eigenvalue weighted by Gasteiger charge is -1.99. The van der Waals surface area contributed by atoms with Gasteiger partial charge in [-0.25, -0.2) is 8.42 Å². The number of benzene rings is 1. The molecule has 0 aliphatic rings. The third-order valence-electron chi connectivity index (χ3n) is 1.83. The minimum atomic E-state index is -4.05. The SMILES string of the molecule is CC(N)C#Cc1cc([N+](=O)[O-])cc(S(=O)(=O)Cl)c1. The normalized spacial score (nSPS) is 12.4. The van der Waals surface area contributed by atoms with Crippen molar-refractivity contribution in [1.82, 2.24) is 0 Å². The number of hydrogen-bond donors (Lipinski definition) is 1. The second kappa shape index (κ2) is 5.35. The summed E-state index contributed by atoms with van der Waals surface area (Å²) in [5.74, 6) is 5.12. The molecular weight excluding hydrogens is 280 g/mol. The van der Waals surface area contributed by atoms with Crippen LogP contribution in [0, 0.1) is 22.0 Å². The molecule has 0 saturated heterocycles. The molecule has 0 bridgehead atoms. The molecule has 18 heavy (non-hydrogen) atoms. The smallest absolute Gasteiger partial charge is 0.272 e. The van der Waals surface area contributed by atoms with Crippen LogP contribution in [-0.2, 0) is 9.05 Å². The maximum absolute atomic E-state index is 11.2. The van der Waals surface area contributed by atoms with Gasteiger partial charge in [0, 0.05) is 28.4 Å². The fraction of sp³-hybridized carbons (Fsp3) is 0.200. The molecule has 0 aliphatic carbocycles. The Bertz CT molecular complexity index is 644. The predicted octanol–water partition coefficient (Wildman–Crippen LogP) is 1.22. The molecule has 0 heterocycles. The number of non-ortho nitro benzene ring substituents is 1. The van der Waals surface area contributed by atoms with E-state index in [4.69, 9.17) is 16.4 Å². The van der Waals surface area contributed by atoms with Gasteiger partial charge in [-0.15, -0.1) is 0 Å². The molecule has 0 aliphatic heterocycles. The molecule has 0 saturated carbocycles. The van der Waals surface area contributed by atoms with Gasteiger partial charge in [0.15, 0.2) is 0 Å². The molecule has 0 spiro atoms. The van der Waals surface area contributed by atoms with Gasteiger partial charge in [0.25, 0.3) is 14.7 Å². The summed E-state index contributed by atoms with van der Waals surface area (Å²) in [5.41, 5.74) is 5.18. The van der Waals surface area contributed by atoms with E-state index in [0.717, 1.165) is 18.2 Å². The molecule has 0 amide bonds. The fourth-order valence-electron chi connectivity index (χ4n) is 1.10. The van der Waals surface area contributed by atoms with Crippen LogP contribution in [0.3, 0.4) is 0 Å². The second-order valence-corrected chi connectivity index (χ2v) is 6.03. The van der Waals surface area contributed by atoms with E-state index in [1.54, 1.807) is 6.92 Å². The van der Waals surface area contributed by atoms with Crippen LogP contribution in [0.15, 0.2) is 23.1 Å². The molecule has 96 valence electrons. The van der Waals surface area contributed by atoms with Gasteiger partial charge in [0.05, 0.1) is 15.9 Å². The maximum Gasteiger partial charge on any atom is 0.272 e. The Hall–Kier alpha value is -1.62. The Morgan fingerprint density at radius 3 is 2.50 bits per heavy atom. The summed E-state index contributed by atoms with van der Waals surface area (Å²) in [4.78, 5) is 9.58. The standard InChI is InChI=1S/C10H9ClN2O4S/c1-7(12)2-3-8-4-9(13(14)15)6-10(5-8)18(11,16)17/h4-7H,12H2,1H3. The maximum atomic E-state index is 11.2. The van der Waals surface area contributed by atoms with Crippen LogP contribution < -0.4 is 5.73 Å². The van der Waals surface area contributed by atoms with E-state index >= 15 is 0 Å². The largest absolute Gasteiger partial charge is 0.318 e. The van der Waals surface area contributed by atoms with Gasteiger partial charge in [-0.3, -0.25) is 10.1 Å². The van der Waals surface area contributed by atoms with Crippen LogP contribution in [-0.4, -0.2) is 19.4 Å². The molecule has 1 aromatic rings. The van der Waals surface area contributed by atoms with Gasteiger partial charge in [0.2, 0.25) is 0 Å². The van der Waals surface area contributed by atoms with E-state index in [2.05, 4.69) is 11.8 Å². The van der Waals surface area contributed by atoms with Crippen molar-refractivity contribution in [2.75, 3.05) is 0 Å². The molecular formula is C10H9ClN2O4S. The van der Waals surface area contributed by atoms with Crippen molar-refractivity contribution in [3.8, 4) is 11.8 Å². The lowest BCUT2D eigenvalue weighted by Crippen LogP contribution is -2.10. The van der Waals surface area contributed by atoms with Gasteiger partial charge in [-0.1, -0.05) is 11.8 Å². The van der Waals surface area contributed by atoms with Crippen molar-refractivity contribution < 1.29 is 13.3 Å². The molecule has 1 aromatic carbocycles. The van der Waals surface area contributed by atoms with E-state index in [1.807, 2.05) is 0 Å². The van der Waals surface area contributed by atoms with Crippen LogP contribution in [0.1, 0.15) is 12.5 Å². The summed E-state index contributed by atoms with van der Waals surface area (Å²) in [6.07, 6.45) is 0. The van der Waals surface area contributed by atoms with Gasteiger partial charge < -0.3 is 5.73 Å². The highest BCUT2D eigenvalue weighted by atomic mass is 35.7. The highest BCUT2D eigenvalue weighted by Gasteiger charge is 2.16. The van der Waals surface area contributed by atoms with Crippen LogP contribution in [0.4, 0.5) is 5.69 Å². The monoisotopic (exact) mass is 288 g/mol. The van der Waals surface area contributed by atoms with Gasteiger partial charge >= 0.3 is 0 Å². The number of rotatable bonds is 2. The van der Waals surface area contributed by atoms with Gasteiger partial charge in [-0.2, -0.15) is 0 Å². The second-order valence-electron chi connectivity index (χ2n) is 3.47. The lowest BCUT2D eigenvalue weighted by molar-refractivity contribution is -0.385. The Morgan fingerprint density at radius 2 is 2.06 bits per heavy atom. The van der Waals surface area contributed by atoms with E-state index in [1.165, 1.54) is 0 Å². The molecule has 8 heteroatoms. The molecule has 0 fully saturated rings. The molecule has 0 aromatic heterocycles. The van der Waals surface area contributed by atoms with Crippen molar-refractivity contribution in [2.45, 2.75) is 17.9 Å². The zero-order chi connectivity index (χ0) is 13.9. The molecule has 6 nitrogen and oxygen atoms in total. The van der Waals surface area contributed by atoms with Crippen molar-refractivity contribution >= 4 is 25.4 Å². The summed E-state index contributed by atoms with van der Waals surface area (Å²) < 4.78 is 22.3. The first-order chi connectivity index (χ1) is 8.20. The predicted molar refractivity (Wildman–Crippen MR) is 66.7 cm³/mol. The highest BCUT2D eigenvalue weighted by molar-refractivity contribution is 8.13. The Kier molecular flexibility index (Phi) is 4.29. The Labute approximate surface area is 108 Å². The summed E-state index contributed by atoms with van der Waals surface area (Å²) in [6.45, 7) is 1.63. The average Bonchev–Trinajstić information content (AvgIpc) is 2.24. The Morgan fingerprint density at radius 1 is 1.44 bits per heavy atom. The third-order valence-corrected chi connectivity index (χ3v) is 3.16. The number of hydrogen-bond acceptors (Lipinski definition) is 5. The summed E-state index contributed by atoms with van der Waals surface area (Å²) >= 11 is 0. The summed E-state index contributed by atoms with van der Waals surface area (Å²) in [6, 6.07) is 2.76. The molecule has 0 radical (unpaired) electrons. The first-order valence-corrected chi connectivity index (χ1v) is 7.02. The number of nitro benzene ring substituents is 1. The van der Waals surface area contributed by atoms with Gasteiger partial charge in [-0.05, 0) is 13.0 Å². The molecule has 1 rings (SSSR count). The number of halogens is 1. The topological polar surface area (TPSA) is 103 Å². The van der Waals surface area contributed by atoms with Crippen molar-refractivity contribution in [3.05, 3.63) is 33.9 Å². The average molecular weight is 289 g/mol. The van der Waals surface area contributed by atoms with Crippen LogP contribution in [0.2, 0.25) is 0 Å². The summed E-state index contributed by atoms with van der Waals surface area (Å²) in [5, 5.41) is 10.7. The van der Waals surface area contributed by atoms with E-state index < -0.39 is 25.7 Å². The zero-order valence-corrected chi connectivity index (χ0v) is 10.8. The van der Waals surface area contributed by atoms with Crippen LogP contribution in [0.5, 0.6) is 0 Å². The first kappa shape index (κ1) is 14.4. The summed E-state index contributed by atoms with van der Waals surface area (Å²) in [7, 11) is 1.10. The minimum Gasteiger partial charge on any atom is -0.318 e. The van der Waals surface area contributed by atoms with Crippen molar-refractivity contribution in [2.24, 2.45) is 5.73 Å². The molecule has 2 N–H and O–H groups in total.